The van der Waals surface area contributed by atoms with E-state index in [1.807, 2.05) is 0 Å². The molecule has 6 heteroatoms. The van der Waals surface area contributed by atoms with Crippen molar-refractivity contribution in [2.75, 3.05) is 0 Å². The highest BCUT2D eigenvalue weighted by molar-refractivity contribution is 7.20. The Labute approximate surface area is 118 Å². The van der Waals surface area contributed by atoms with Crippen molar-refractivity contribution in [1.82, 2.24) is 5.43 Å². The molecule has 2 rings (SSSR count). The van der Waals surface area contributed by atoms with Crippen molar-refractivity contribution < 1.29 is 4.39 Å². The Bertz CT molecular complexity index is 527. The molecule has 0 spiro atoms. The first-order valence-corrected chi connectivity index (χ1v) is 6.82. The number of hydrazine groups is 1. The van der Waals surface area contributed by atoms with Crippen molar-refractivity contribution >= 4 is 34.5 Å². The second-order valence-corrected chi connectivity index (χ2v) is 6.11. The van der Waals surface area contributed by atoms with Crippen LogP contribution in [-0.4, -0.2) is 0 Å². The van der Waals surface area contributed by atoms with Crippen LogP contribution in [0.25, 0.3) is 0 Å². The van der Waals surface area contributed by atoms with Gasteiger partial charge in [0.2, 0.25) is 0 Å². The van der Waals surface area contributed by atoms with E-state index in [-0.39, 0.29) is 11.9 Å². The van der Waals surface area contributed by atoms with E-state index in [1.54, 1.807) is 18.2 Å². The van der Waals surface area contributed by atoms with E-state index in [1.165, 1.54) is 23.5 Å². The molecule has 2 aromatic rings. The molecule has 18 heavy (non-hydrogen) atoms. The van der Waals surface area contributed by atoms with Crippen molar-refractivity contribution in [2.45, 2.75) is 12.5 Å². The van der Waals surface area contributed by atoms with E-state index < -0.39 is 0 Å². The van der Waals surface area contributed by atoms with E-state index in [2.05, 4.69) is 5.43 Å². The van der Waals surface area contributed by atoms with Gasteiger partial charge in [0.1, 0.15) is 5.82 Å². The Morgan fingerprint density at radius 1 is 1.28 bits per heavy atom. The maximum atomic E-state index is 12.8. The van der Waals surface area contributed by atoms with Crippen LogP contribution < -0.4 is 11.3 Å². The van der Waals surface area contributed by atoms with Gasteiger partial charge < -0.3 is 0 Å². The first kappa shape index (κ1) is 13.8. The summed E-state index contributed by atoms with van der Waals surface area (Å²) in [7, 11) is 0. The number of nitrogens with one attached hydrogen (secondary N) is 1. The van der Waals surface area contributed by atoms with Gasteiger partial charge in [0.25, 0.3) is 0 Å². The molecular formula is C12H11Cl2FN2S. The lowest BCUT2D eigenvalue weighted by molar-refractivity contribution is 0.552. The average Bonchev–Trinajstić information content (AvgIpc) is 2.68. The Hall–Kier alpha value is -0.650. The minimum Gasteiger partial charge on any atom is -0.271 e. The monoisotopic (exact) mass is 304 g/mol. The summed E-state index contributed by atoms with van der Waals surface area (Å²) >= 11 is 13.3. The van der Waals surface area contributed by atoms with Crippen LogP contribution in [0.15, 0.2) is 30.3 Å². The van der Waals surface area contributed by atoms with Gasteiger partial charge in [-0.15, -0.1) is 11.3 Å². The van der Waals surface area contributed by atoms with Crippen molar-refractivity contribution in [2.24, 2.45) is 5.84 Å². The molecule has 0 saturated heterocycles. The summed E-state index contributed by atoms with van der Waals surface area (Å²) in [6, 6.07) is 7.94. The topological polar surface area (TPSA) is 38.0 Å². The number of thiophene rings is 1. The molecule has 0 amide bonds. The van der Waals surface area contributed by atoms with E-state index in [4.69, 9.17) is 29.0 Å². The Morgan fingerprint density at radius 3 is 2.44 bits per heavy atom. The molecule has 0 aliphatic carbocycles. The minimum atomic E-state index is -0.257. The van der Waals surface area contributed by atoms with Gasteiger partial charge in [0, 0.05) is 5.56 Å². The first-order valence-electron chi connectivity index (χ1n) is 5.25. The van der Waals surface area contributed by atoms with E-state index in [9.17, 15) is 4.39 Å². The van der Waals surface area contributed by atoms with Gasteiger partial charge in [0.05, 0.1) is 14.7 Å². The predicted octanol–water partition coefficient (Wildman–Crippen LogP) is 3.94. The van der Waals surface area contributed by atoms with Gasteiger partial charge in [-0.25, -0.2) is 4.39 Å². The fraction of sp³-hybridized carbons (Fsp3) is 0.167. The SMILES string of the molecule is NNC(Cc1ccc(F)cc1)c1cc(Cl)sc1Cl. The van der Waals surface area contributed by atoms with Crippen molar-refractivity contribution in [3.8, 4) is 0 Å². The summed E-state index contributed by atoms with van der Waals surface area (Å²) in [6.07, 6.45) is 0.615. The second-order valence-electron chi connectivity index (χ2n) is 3.83. The van der Waals surface area contributed by atoms with Crippen LogP contribution in [0.5, 0.6) is 0 Å². The zero-order valence-corrected chi connectivity index (χ0v) is 11.6. The molecule has 0 bridgehead atoms. The normalized spacial score (nSPS) is 12.7. The van der Waals surface area contributed by atoms with Gasteiger partial charge in [-0.3, -0.25) is 11.3 Å². The Balaban J connectivity index is 2.19. The molecule has 1 aromatic heterocycles. The molecule has 0 fully saturated rings. The molecule has 0 saturated carbocycles. The molecule has 3 N–H and O–H groups in total. The van der Waals surface area contributed by atoms with Gasteiger partial charge in [-0.1, -0.05) is 35.3 Å². The standard InChI is InChI=1S/C12H11Cl2FN2S/c13-11-6-9(12(14)18-11)10(17-16)5-7-1-3-8(15)4-2-7/h1-4,6,10,17H,5,16H2. The molecule has 2 nitrogen and oxygen atoms in total. The highest BCUT2D eigenvalue weighted by Crippen LogP contribution is 2.35. The molecule has 1 unspecified atom stereocenters. The lowest BCUT2D eigenvalue weighted by Crippen LogP contribution is -2.29. The van der Waals surface area contributed by atoms with Crippen LogP contribution in [0.1, 0.15) is 17.2 Å². The summed E-state index contributed by atoms with van der Waals surface area (Å²) in [5.41, 5.74) is 4.54. The van der Waals surface area contributed by atoms with Gasteiger partial charge in [-0.2, -0.15) is 0 Å². The fourth-order valence-electron chi connectivity index (χ4n) is 1.71. The maximum absolute atomic E-state index is 12.8. The molecule has 96 valence electrons. The zero-order valence-electron chi connectivity index (χ0n) is 9.29. The van der Waals surface area contributed by atoms with Crippen LogP contribution in [-0.2, 0) is 6.42 Å². The summed E-state index contributed by atoms with van der Waals surface area (Å²) in [5.74, 6) is 5.28. The van der Waals surface area contributed by atoms with E-state index in [0.29, 0.717) is 15.1 Å². The van der Waals surface area contributed by atoms with Crippen LogP contribution in [0, 0.1) is 5.82 Å². The number of nitrogens with two attached hydrogens (primary N) is 1. The lowest BCUT2D eigenvalue weighted by Gasteiger charge is -2.15. The van der Waals surface area contributed by atoms with Crippen molar-refractivity contribution in [1.29, 1.82) is 0 Å². The molecule has 1 aromatic carbocycles. The summed E-state index contributed by atoms with van der Waals surface area (Å²) in [5, 5.41) is 0. The van der Waals surface area contributed by atoms with Gasteiger partial charge in [-0.05, 0) is 30.2 Å². The van der Waals surface area contributed by atoms with E-state index >= 15 is 0 Å². The number of hydrogen-bond donors (Lipinski definition) is 2. The quantitative estimate of drug-likeness (QED) is 0.663. The van der Waals surface area contributed by atoms with Crippen LogP contribution >= 0.6 is 34.5 Å². The first-order chi connectivity index (χ1) is 8.60. The lowest BCUT2D eigenvalue weighted by atomic mass is 10.0. The Kier molecular flexibility index (Phi) is 4.59. The minimum absolute atomic E-state index is 0.147. The third-order valence-electron chi connectivity index (χ3n) is 2.61. The van der Waals surface area contributed by atoms with Gasteiger partial charge >= 0.3 is 0 Å². The maximum Gasteiger partial charge on any atom is 0.123 e. The summed E-state index contributed by atoms with van der Waals surface area (Å²) in [4.78, 5) is 0. The number of hydrogen-bond acceptors (Lipinski definition) is 3. The zero-order chi connectivity index (χ0) is 13.1. The highest BCUT2D eigenvalue weighted by Gasteiger charge is 2.17. The van der Waals surface area contributed by atoms with Crippen LogP contribution in [0.4, 0.5) is 4.39 Å². The molecule has 0 radical (unpaired) electrons. The van der Waals surface area contributed by atoms with Crippen molar-refractivity contribution in [3.63, 3.8) is 0 Å². The second kappa shape index (κ2) is 5.99. The number of halogens is 3. The van der Waals surface area contributed by atoms with Crippen LogP contribution in [0.3, 0.4) is 0 Å². The predicted molar refractivity (Wildman–Crippen MR) is 74.5 cm³/mol. The number of benzene rings is 1. The third kappa shape index (κ3) is 3.22. The van der Waals surface area contributed by atoms with Gasteiger partial charge in [0.15, 0.2) is 0 Å². The smallest absolute Gasteiger partial charge is 0.123 e. The molecule has 0 aliphatic rings. The molecule has 1 atom stereocenters. The average molecular weight is 305 g/mol. The van der Waals surface area contributed by atoms with E-state index in [0.717, 1.165) is 11.1 Å². The molecule has 0 aliphatic heterocycles. The number of rotatable bonds is 4. The van der Waals surface area contributed by atoms with Crippen LogP contribution in [0.2, 0.25) is 8.67 Å². The summed E-state index contributed by atoms with van der Waals surface area (Å²) < 4.78 is 14.1. The molecule has 1 heterocycles. The highest BCUT2D eigenvalue weighted by atomic mass is 35.5. The fourth-order valence-corrected chi connectivity index (χ4v) is 3.28. The summed E-state index contributed by atoms with van der Waals surface area (Å²) in [6.45, 7) is 0. The largest absolute Gasteiger partial charge is 0.271 e. The van der Waals surface area contributed by atoms with Crippen molar-refractivity contribution in [3.05, 3.63) is 55.9 Å². The molecular weight excluding hydrogens is 294 g/mol. The third-order valence-corrected chi connectivity index (χ3v) is 4.13. The Morgan fingerprint density at radius 2 is 1.94 bits per heavy atom.